The highest BCUT2D eigenvalue weighted by atomic mass is 35.5. The van der Waals surface area contributed by atoms with E-state index >= 15 is 0 Å². The molecular formula is C16H15ClN4O3S2. The predicted octanol–water partition coefficient (Wildman–Crippen LogP) is 3.23. The van der Waals surface area contributed by atoms with Gasteiger partial charge in [0.25, 0.3) is 10.0 Å². The Morgan fingerprint density at radius 2 is 2.00 bits per heavy atom. The van der Waals surface area contributed by atoms with Gasteiger partial charge in [0.1, 0.15) is 10.6 Å². The van der Waals surface area contributed by atoms with Gasteiger partial charge >= 0.3 is 0 Å². The average Bonchev–Trinajstić information content (AvgIpc) is 2.57. The lowest BCUT2D eigenvalue weighted by atomic mass is 10.2. The van der Waals surface area contributed by atoms with Gasteiger partial charge in [0.05, 0.1) is 7.11 Å². The first kappa shape index (κ1) is 18.6. The van der Waals surface area contributed by atoms with Crippen LogP contribution in [0.5, 0.6) is 5.75 Å². The van der Waals surface area contributed by atoms with Crippen LogP contribution in [0.15, 0.2) is 55.6 Å². The number of fused-ring (bicyclic) bond motifs is 1. The van der Waals surface area contributed by atoms with Crippen molar-refractivity contribution in [3.05, 3.63) is 47.0 Å². The van der Waals surface area contributed by atoms with Crippen LogP contribution in [0.3, 0.4) is 0 Å². The van der Waals surface area contributed by atoms with Gasteiger partial charge in [-0.1, -0.05) is 11.6 Å². The number of benzene rings is 2. The van der Waals surface area contributed by atoms with E-state index in [1.165, 1.54) is 6.07 Å². The molecule has 2 aromatic carbocycles. The number of hydrogen-bond acceptors (Lipinski definition) is 5. The number of aliphatic imine (C=N–C) groups is 1. The third kappa shape index (κ3) is 3.95. The van der Waals surface area contributed by atoms with E-state index in [1.54, 1.807) is 44.4 Å². The lowest BCUT2D eigenvalue weighted by Gasteiger charge is -2.15. The summed E-state index contributed by atoms with van der Waals surface area (Å²) < 4.78 is 33.5. The summed E-state index contributed by atoms with van der Waals surface area (Å²) in [7, 11) is -2.28. The average molecular weight is 411 g/mol. The molecule has 7 nitrogen and oxygen atoms in total. The number of methoxy groups -OCH3 is 1. The molecule has 0 radical (unpaired) electrons. The Morgan fingerprint density at radius 3 is 2.65 bits per heavy atom. The van der Waals surface area contributed by atoms with E-state index in [9.17, 15) is 8.42 Å². The van der Waals surface area contributed by atoms with Gasteiger partial charge < -0.3 is 15.8 Å². The van der Waals surface area contributed by atoms with E-state index in [2.05, 4.69) is 14.7 Å². The Labute approximate surface area is 160 Å². The molecule has 10 heteroatoms. The highest BCUT2D eigenvalue weighted by molar-refractivity contribution is 8.15. The number of guanidine groups is 1. The van der Waals surface area contributed by atoms with E-state index in [4.69, 9.17) is 22.1 Å². The number of amidine groups is 1. The Balaban J connectivity index is 1.86. The fourth-order valence-corrected chi connectivity index (χ4v) is 4.96. The number of anilines is 1. The molecule has 0 fully saturated rings. The summed E-state index contributed by atoms with van der Waals surface area (Å²) >= 11 is 7.18. The van der Waals surface area contributed by atoms with Crippen LogP contribution in [-0.4, -0.2) is 26.7 Å². The fourth-order valence-electron chi connectivity index (χ4n) is 2.18. The number of aryl methyl sites for hydroxylation is 1. The first-order chi connectivity index (χ1) is 12.3. The molecule has 0 aliphatic carbocycles. The zero-order valence-electron chi connectivity index (χ0n) is 13.9. The Morgan fingerprint density at radius 1 is 1.31 bits per heavy atom. The van der Waals surface area contributed by atoms with Crippen LogP contribution >= 0.6 is 23.4 Å². The number of nitrogens with two attached hydrogens (primary N) is 1. The molecule has 136 valence electrons. The SMILES string of the molecule is COc1ccc(N/C(N)=N\C2=NS(=O)(=O)c3cc(C)c(Cl)cc3S2)cc1. The topological polar surface area (TPSA) is 106 Å². The van der Waals surface area contributed by atoms with Crippen molar-refractivity contribution in [2.24, 2.45) is 15.1 Å². The van der Waals surface area contributed by atoms with Crippen LogP contribution in [0, 0.1) is 6.92 Å². The van der Waals surface area contributed by atoms with E-state index < -0.39 is 10.0 Å². The molecule has 1 aliphatic heterocycles. The van der Waals surface area contributed by atoms with Crippen molar-refractivity contribution < 1.29 is 13.2 Å². The molecule has 0 saturated carbocycles. The first-order valence-corrected chi connectivity index (χ1v) is 10.00. The lowest BCUT2D eigenvalue weighted by molar-refractivity contribution is 0.415. The van der Waals surface area contributed by atoms with Gasteiger partial charge in [0.15, 0.2) is 5.96 Å². The number of sulfonamides is 1. The van der Waals surface area contributed by atoms with Crippen LogP contribution in [0.4, 0.5) is 5.69 Å². The maximum atomic E-state index is 12.4. The third-order valence-electron chi connectivity index (χ3n) is 3.48. The van der Waals surface area contributed by atoms with Gasteiger partial charge in [-0.2, -0.15) is 13.4 Å². The minimum Gasteiger partial charge on any atom is -0.497 e. The zero-order valence-corrected chi connectivity index (χ0v) is 16.2. The second-order valence-corrected chi connectivity index (χ2v) is 8.34. The van der Waals surface area contributed by atoms with Crippen molar-refractivity contribution in [3.8, 4) is 5.75 Å². The maximum Gasteiger partial charge on any atom is 0.285 e. The number of ether oxygens (including phenoxy) is 1. The molecule has 0 atom stereocenters. The molecule has 0 bridgehead atoms. The smallest absolute Gasteiger partial charge is 0.285 e. The van der Waals surface area contributed by atoms with E-state index in [-0.39, 0.29) is 16.0 Å². The second kappa shape index (κ2) is 7.18. The van der Waals surface area contributed by atoms with Crippen LogP contribution < -0.4 is 15.8 Å². The van der Waals surface area contributed by atoms with Crippen molar-refractivity contribution in [2.75, 3.05) is 12.4 Å². The van der Waals surface area contributed by atoms with Gasteiger partial charge in [-0.05, 0) is 60.6 Å². The molecular weight excluding hydrogens is 396 g/mol. The summed E-state index contributed by atoms with van der Waals surface area (Å²) in [6, 6.07) is 10.1. The fraction of sp³-hybridized carbons (Fsp3) is 0.125. The molecule has 1 heterocycles. The third-order valence-corrected chi connectivity index (χ3v) is 6.36. The Bertz CT molecular complexity index is 1020. The molecule has 0 saturated heterocycles. The first-order valence-electron chi connectivity index (χ1n) is 7.37. The van der Waals surface area contributed by atoms with E-state index in [0.717, 1.165) is 11.8 Å². The van der Waals surface area contributed by atoms with Gasteiger partial charge in [-0.25, -0.2) is 0 Å². The Hall–Kier alpha value is -2.23. The standard InChI is InChI=1S/C16H15ClN4O3S2/c1-9-7-14-13(8-12(9)17)25-16(21-26(14,22)23)20-15(18)19-10-3-5-11(24-2)6-4-10/h3-8H,1-2H3,(H3,18,19,20,21). The molecule has 3 N–H and O–H groups in total. The van der Waals surface area contributed by atoms with Gasteiger partial charge in [-0.3, -0.25) is 0 Å². The molecule has 1 aliphatic rings. The highest BCUT2D eigenvalue weighted by Crippen LogP contribution is 2.37. The molecule has 26 heavy (non-hydrogen) atoms. The monoisotopic (exact) mass is 410 g/mol. The summed E-state index contributed by atoms with van der Waals surface area (Å²) in [6.45, 7) is 1.73. The zero-order chi connectivity index (χ0) is 18.9. The number of thioether (sulfide) groups is 1. The van der Waals surface area contributed by atoms with E-state index in [1.807, 2.05) is 0 Å². The Kier molecular flexibility index (Phi) is 5.12. The summed E-state index contributed by atoms with van der Waals surface area (Å²) in [5.74, 6) is 0.714. The second-order valence-electron chi connectivity index (χ2n) is 5.35. The largest absolute Gasteiger partial charge is 0.497 e. The van der Waals surface area contributed by atoms with E-state index in [0.29, 0.717) is 26.9 Å². The summed E-state index contributed by atoms with van der Waals surface area (Å²) in [5, 5.41) is 3.35. The quantitative estimate of drug-likeness (QED) is 0.581. The summed E-state index contributed by atoms with van der Waals surface area (Å²) in [5.41, 5.74) is 7.20. The van der Waals surface area contributed by atoms with Crippen molar-refractivity contribution >= 4 is 50.2 Å². The molecule has 0 spiro atoms. The van der Waals surface area contributed by atoms with Gasteiger partial charge in [0, 0.05) is 15.6 Å². The molecule has 2 aromatic rings. The normalized spacial score (nSPS) is 15.8. The minimum absolute atomic E-state index is 0.0101. The number of hydrogen-bond donors (Lipinski definition) is 2. The highest BCUT2D eigenvalue weighted by Gasteiger charge is 2.27. The lowest BCUT2D eigenvalue weighted by Crippen LogP contribution is -2.24. The van der Waals surface area contributed by atoms with Crippen LogP contribution in [-0.2, 0) is 10.0 Å². The molecule has 0 aromatic heterocycles. The number of nitrogens with zero attached hydrogens (tertiary/aromatic N) is 2. The summed E-state index contributed by atoms with van der Waals surface area (Å²) in [4.78, 5) is 4.64. The van der Waals surface area contributed by atoms with Crippen LogP contribution in [0.2, 0.25) is 5.02 Å². The predicted molar refractivity (Wildman–Crippen MR) is 105 cm³/mol. The molecule has 3 rings (SSSR count). The van der Waals surface area contributed by atoms with Crippen molar-refractivity contribution in [2.45, 2.75) is 16.7 Å². The number of halogens is 1. The number of nitrogens with one attached hydrogen (secondary N) is 1. The van der Waals surface area contributed by atoms with Crippen LogP contribution in [0.1, 0.15) is 5.56 Å². The molecule has 0 amide bonds. The van der Waals surface area contributed by atoms with Gasteiger partial charge in [-0.15, -0.1) is 4.40 Å². The minimum atomic E-state index is -3.86. The van der Waals surface area contributed by atoms with Crippen LogP contribution in [0.25, 0.3) is 0 Å². The summed E-state index contributed by atoms with van der Waals surface area (Å²) in [6.07, 6.45) is 0. The van der Waals surface area contributed by atoms with Crippen molar-refractivity contribution in [1.29, 1.82) is 0 Å². The maximum absolute atomic E-state index is 12.4. The molecule has 0 unspecified atom stereocenters. The van der Waals surface area contributed by atoms with Gasteiger partial charge in [0.2, 0.25) is 5.17 Å². The number of rotatable bonds is 2. The van der Waals surface area contributed by atoms with Crippen molar-refractivity contribution in [3.63, 3.8) is 0 Å². The van der Waals surface area contributed by atoms with Crippen molar-refractivity contribution in [1.82, 2.24) is 0 Å².